The van der Waals surface area contributed by atoms with Crippen LogP contribution >= 0.6 is 24.0 Å². The topological polar surface area (TPSA) is 60.9 Å². The van der Waals surface area contributed by atoms with Gasteiger partial charge in [-0.15, -0.1) is 0 Å². The van der Waals surface area contributed by atoms with Crippen molar-refractivity contribution in [2.45, 2.75) is 24.3 Å². The van der Waals surface area contributed by atoms with Crippen LogP contribution in [-0.2, 0) is 14.6 Å². The van der Waals surface area contributed by atoms with Crippen molar-refractivity contribution >= 4 is 55.4 Å². The van der Waals surface area contributed by atoms with Gasteiger partial charge in [0.25, 0.3) is 15.7 Å². The summed E-state index contributed by atoms with van der Waals surface area (Å²) >= 11 is 6.27. The fourth-order valence-corrected chi connectivity index (χ4v) is 5.10. The Morgan fingerprint density at radius 2 is 1.70 bits per heavy atom. The first kappa shape index (κ1) is 22.6. The molecule has 0 atom stereocenters. The van der Waals surface area contributed by atoms with Crippen LogP contribution in [0.25, 0.3) is 0 Å². The van der Waals surface area contributed by atoms with Gasteiger partial charge in [-0.25, -0.2) is 8.42 Å². The summed E-state index contributed by atoms with van der Waals surface area (Å²) in [5, 5.41) is 0. The fraction of sp³-hybridized carbons (Fsp3) is 0.333. The first-order chi connectivity index (χ1) is 13.9. The number of carbonyl (C=O) groups is 1. The zero-order chi connectivity index (χ0) is 22.4. The summed E-state index contributed by atoms with van der Waals surface area (Å²) in [6.45, 7) is 4.53. The molecule has 0 aliphatic carbocycles. The molecule has 2 aliphatic heterocycles. The lowest BCUT2D eigenvalue weighted by Gasteiger charge is -2.23. The number of sulfone groups is 1. The number of thioether (sulfide) groups is 1. The molecule has 0 unspecified atom stereocenters. The number of benzene rings is 1. The highest BCUT2D eigenvalue weighted by molar-refractivity contribution is 8.26. The summed E-state index contributed by atoms with van der Waals surface area (Å²) in [6.07, 6.45) is 3.30. The van der Waals surface area contributed by atoms with E-state index in [1.807, 2.05) is 11.8 Å². The Bertz CT molecular complexity index is 1080. The summed E-state index contributed by atoms with van der Waals surface area (Å²) < 4.78 is 63.1. The lowest BCUT2D eigenvalue weighted by molar-refractivity contribution is -0.121. The molecule has 162 valence electrons. The fourth-order valence-electron chi connectivity index (χ4n) is 3.20. The maximum atomic E-state index is 13.0. The van der Waals surface area contributed by atoms with Gasteiger partial charge >= 0.3 is 5.51 Å². The maximum Gasteiger partial charge on any atom is 0.501 e. The minimum Gasteiger partial charge on any atom is -0.326 e. The van der Waals surface area contributed by atoms with Gasteiger partial charge in [0.1, 0.15) is 10.1 Å². The Kier molecular flexibility index (Phi) is 5.95. The van der Waals surface area contributed by atoms with Crippen LogP contribution in [0.4, 0.5) is 24.5 Å². The molecule has 6 nitrogen and oxygen atoms in total. The molecule has 0 radical (unpaired) electrons. The number of amides is 1. The maximum absolute atomic E-state index is 13.0. The minimum absolute atomic E-state index is 0.234. The molecule has 0 spiro atoms. The van der Waals surface area contributed by atoms with E-state index in [1.54, 1.807) is 31.0 Å². The molecule has 3 rings (SSSR count). The van der Waals surface area contributed by atoms with Crippen LogP contribution in [0, 0.1) is 0 Å². The summed E-state index contributed by atoms with van der Waals surface area (Å²) in [6, 6.07) is 3.37. The summed E-state index contributed by atoms with van der Waals surface area (Å²) in [4.78, 5) is 16.7. The van der Waals surface area contributed by atoms with Gasteiger partial charge in [-0.3, -0.25) is 9.69 Å². The normalized spacial score (nSPS) is 20.1. The molecular weight excluding hydrogens is 459 g/mol. The third-order valence-corrected chi connectivity index (χ3v) is 7.69. The first-order valence-corrected chi connectivity index (χ1v) is 11.6. The van der Waals surface area contributed by atoms with Gasteiger partial charge in [0, 0.05) is 20.1 Å². The van der Waals surface area contributed by atoms with E-state index in [0.717, 1.165) is 23.9 Å². The van der Waals surface area contributed by atoms with Gasteiger partial charge in [0.15, 0.2) is 0 Å². The number of fused-ring (bicyclic) bond motifs is 1. The molecule has 30 heavy (non-hydrogen) atoms. The zero-order valence-corrected chi connectivity index (χ0v) is 18.7. The molecular formula is C18H18F3N3O3S3. The Balaban J connectivity index is 2.07. The van der Waals surface area contributed by atoms with Crippen LogP contribution < -0.4 is 9.80 Å². The van der Waals surface area contributed by atoms with Crippen molar-refractivity contribution in [1.82, 2.24) is 4.90 Å². The van der Waals surface area contributed by atoms with Crippen molar-refractivity contribution in [3.63, 3.8) is 0 Å². The van der Waals surface area contributed by atoms with Crippen molar-refractivity contribution in [1.29, 1.82) is 0 Å². The number of hydrogen-bond acceptors (Lipinski definition) is 7. The number of thiocarbonyl (C=S) groups is 1. The summed E-state index contributed by atoms with van der Waals surface area (Å²) in [7, 11) is -3.88. The zero-order valence-electron chi connectivity index (χ0n) is 16.2. The van der Waals surface area contributed by atoms with E-state index < -0.39 is 20.2 Å². The second kappa shape index (κ2) is 7.89. The molecule has 0 aromatic heterocycles. The van der Waals surface area contributed by atoms with Crippen molar-refractivity contribution < 1.29 is 26.4 Å². The summed E-state index contributed by atoms with van der Waals surface area (Å²) in [5.74, 6) is 0.389. The molecule has 1 saturated heterocycles. The van der Waals surface area contributed by atoms with Crippen molar-refractivity contribution in [2.24, 2.45) is 0 Å². The van der Waals surface area contributed by atoms with Gasteiger partial charge in [0.05, 0.1) is 21.2 Å². The first-order valence-electron chi connectivity index (χ1n) is 8.86. The molecule has 0 saturated carbocycles. The van der Waals surface area contributed by atoms with E-state index in [4.69, 9.17) is 12.2 Å². The van der Waals surface area contributed by atoms with Gasteiger partial charge < -0.3 is 9.80 Å². The third kappa shape index (κ3) is 3.60. The van der Waals surface area contributed by atoms with Crippen LogP contribution in [-0.4, -0.2) is 49.2 Å². The van der Waals surface area contributed by atoms with Crippen molar-refractivity contribution in [3.8, 4) is 0 Å². The Labute approximate surface area is 181 Å². The average molecular weight is 478 g/mol. The van der Waals surface area contributed by atoms with E-state index >= 15 is 0 Å². The number of halogens is 3. The molecule has 0 N–H and O–H groups in total. The molecule has 1 fully saturated rings. The lowest BCUT2D eigenvalue weighted by Crippen LogP contribution is -2.28. The Hall–Kier alpha value is -2.05. The number of allylic oxidation sites excluding steroid dienone is 2. The molecule has 0 bridgehead atoms. The second-order valence-corrected chi connectivity index (χ2v) is 9.99. The van der Waals surface area contributed by atoms with E-state index in [-0.39, 0.29) is 5.91 Å². The predicted molar refractivity (Wildman–Crippen MR) is 115 cm³/mol. The highest BCUT2D eigenvalue weighted by atomic mass is 32.2. The van der Waals surface area contributed by atoms with Crippen LogP contribution in [0.5, 0.6) is 0 Å². The number of anilines is 2. The van der Waals surface area contributed by atoms with Crippen molar-refractivity contribution in [2.75, 3.05) is 29.9 Å². The van der Waals surface area contributed by atoms with E-state index in [1.165, 1.54) is 11.0 Å². The summed E-state index contributed by atoms with van der Waals surface area (Å²) in [5.41, 5.74) is -4.44. The number of nitrogens with zero attached hydrogens (tertiary/aromatic N) is 3. The van der Waals surface area contributed by atoms with E-state index in [2.05, 4.69) is 0 Å². The number of rotatable bonds is 4. The van der Waals surface area contributed by atoms with Crippen LogP contribution in [0.15, 0.2) is 46.0 Å². The largest absolute Gasteiger partial charge is 0.501 e. The van der Waals surface area contributed by atoms with Gasteiger partial charge in [0.2, 0.25) is 0 Å². The van der Waals surface area contributed by atoms with Crippen LogP contribution in [0.2, 0.25) is 0 Å². The van der Waals surface area contributed by atoms with E-state index in [9.17, 15) is 26.4 Å². The molecule has 1 aromatic rings. The molecule has 1 amide bonds. The minimum atomic E-state index is -5.46. The lowest BCUT2D eigenvalue weighted by atomic mass is 10.2. The standard InChI is InChI=1S/C18H18F3N3O3S3/c1-4-23-12-7-6-11(30(26,27)18(19,20)21)10-13(12)24(5-2)15(23)9-8-14-16(25)22(3)17(28)29-14/h6-10H,4-5H2,1-3H3. The van der Waals surface area contributed by atoms with Crippen LogP contribution in [0.1, 0.15) is 13.8 Å². The van der Waals surface area contributed by atoms with Crippen molar-refractivity contribution in [3.05, 3.63) is 41.1 Å². The van der Waals surface area contributed by atoms with Gasteiger partial charge in [-0.1, -0.05) is 24.0 Å². The average Bonchev–Trinajstić information content (AvgIpc) is 3.12. The monoisotopic (exact) mass is 477 g/mol. The third-order valence-electron chi connectivity index (χ3n) is 4.70. The second-order valence-electron chi connectivity index (χ2n) is 6.38. The van der Waals surface area contributed by atoms with Gasteiger partial charge in [-0.05, 0) is 44.2 Å². The highest BCUT2D eigenvalue weighted by Crippen LogP contribution is 2.44. The van der Waals surface area contributed by atoms with E-state index in [0.29, 0.717) is 39.5 Å². The SMILES string of the molecule is CCN1C(=CC=C2SC(=S)N(C)C2=O)N(CC)c2cc(S(=O)(=O)C(F)(F)F)ccc21. The number of hydrogen-bond donors (Lipinski definition) is 0. The quantitative estimate of drug-likeness (QED) is 0.482. The molecule has 12 heteroatoms. The molecule has 2 heterocycles. The number of alkyl halides is 3. The molecule has 1 aromatic carbocycles. The van der Waals surface area contributed by atoms with Crippen LogP contribution in [0.3, 0.4) is 0 Å². The smallest absolute Gasteiger partial charge is 0.326 e. The number of likely N-dealkylation sites (N-methyl/N-ethyl adjacent to an activating group) is 1. The van der Waals surface area contributed by atoms with Gasteiger partial charge in [-0.2, -0.15) is 13.2 Å². The number of carbonyl (C=O) groups excluding carboxylic acids is 1. The predicted octanol–water partition coefficient (Wildman–Crippen LogP) is 3.86. The molecule has 2 aliphatic rings. The Morgan fingerprint density at radius 3 is 2.20 bits per heavy atom. The highest BCUT2D eigenvalue weighted by Gasteiger charge is 2.47. The Morgan fingerprint density at radius 1 is 1.10 bits per heavy atom.